The van der Waals surface area contributed by atoms with Gasteiger partial charge < -0.3 is 25.0 Å². The molecule has 0 saturated carbocycles. The van der Waals surface area contributed by atoms with Crippen molar-refractivity contribution in [1.82, 2.24) is 4.90 Å². The van der Waals surface area contributed by atoms with Crippen LogP contribution in [0.2, 0.25) is 0 Å². The number of rotatable bonds is 7. The lowest BCUT2D eigenvalue weighted by Gasteiger charge is -2.19. The molecule has 0 bridgehead atoms. The van der Waals surface area contributed by atoms with E-state index in [1.54, 1.807) is 38.3 Å². The van der Waals surface area contributed by atoms with Gasteiger partial charge in [-0.2, -0.15) is 0 Å². The molecule has 0 atom stereocenters. The van der Waals surface area contributed by atoms with Crippen LogP contribution in [0, 0.1) is 6.92 Å². The second-order valence-corrected chi connectivity index (χ2v) is 6.50. The molecule has 0 aliphatic carbocycles. The van der Waals surface area contributed by atoms with Gasteiger partial charge in [-0.3, -0.25) is 4.79 Å². The van der Waals surface area contributed by atoms with Crippen molar-refractivity contribution in [3.8, 4) is 11.5 Å². The quantitative estimate of drug-likeness (QED) is 0.762. The summed E-state index contributed by atoms with van der Waals surface area (Å²) in [5, 5.41) is 5.61. The second-order valence-electron chi connectivity index (χ2n) is 6.50. The van der Waals surface area contributed by atoms with Gasteiger partial charge in [0.15, 0.2) is 11.5 Å². The average Bonchev–Trinajstić information content (AvgIpc) is 2.67. The average molecular weight is 385 g/mol. The van der Waals surface area contributed by atoms with E-state index in [4.69, 9.17) is 9.47 Å². The van der Waals surface area contributed by atoms with Crippen LogP contribution in [0.15, 0.2) is 36.4 Å². The van der Waals surface area contributed by atoms with E-state index in [0.717, 1.165) is 11.1 Å². The first kappa shape index (κ1) is 21.1. The first-order chi connectivity index (χ1) is 13.3. The van der Waals surface area contributed by atoms with E-state index in [-0.39, 0.29) is 11.9 Å². The smallest absolute Gasteiger partial charge is 0.321 e. The second kappa shape index (κ2) is 9.64. The van der Waals surface area contributed by atoms with Crippen LogP contribution >= 0.6 is 0 Å². The Morgan fingerprint density at radius 3 is 2.36 bits per heavy atom. The van der Waals surface area contributed by atoms with Crippen LogP contribution in [-0.2, 0) is 11.2 Å². The Balaban J connectivity index is 1.99. The number of hydrogen-bond acceptors (Lipinski definition) is 4. The molecule has 7 heteroatoms. The van der Waals surface area contributed by atoms with Crippen LogP contribution in [-0.4, -0.2) is 44.7 Å². The van der Waals surface area contributed by atoms with Crippen LogP contribution in [0.1, 0.15) is 18.1 Å². The standard InChI is InChI=1S/C21H27N3O4/c1-14-6-8-17(22-15(2)25)13-18(14)23-21(26)24(3)11-10-16-7-9-19(27-4)20(12-16)28-5/h6-9,12-13H,10-11H2,1-5H3,(H,22,25)(H,23,26). The third-order valence-corrected chi connectivity index (χ3v) is 4.33. The summed E-state index contributed by atoms with van der Waals surface area (Å²) in [4.78, 5) is 25.4. The summed E-state index contributed by atoms with van der Waals surface area (Å²) in [6.07, 6.45) is 0.676. The van der Waals surface area contributed by atoms with E-state index in [1.165, 1.54) is 6.92 Å². The zero-order valence-electron chi connectivity index (χ0n) is 17.0. The van der Waals surface area contributed by atoms with Gasteiger partial charge >= 0.3 is 6.03 Å². The van der Waals surface area contributed by atoms with Gasteiger partial charge in [0, 0.05) is 31.9 Å². The van der Waals surface area contributed by atoms with Gasteiger partial charge in [0.05, 0.1) is 14.2 Å². The normalized spacial score (nSPS) is 10.2. The van der Waals surface area contributed by atoms with Gasteiger partial charge in [0.2, 0.25) is 5.91 Å². The number of nitrogens with one attached hydrogen (secondary N) is 2. The molecular formula is C21H27N3O4. The number of methoxy groups -OCH3 is 2. The first-order valence-corrected chi connectivity index (χ1v) is 8.95. The van der Waals surface area contributed by atoms with Crippen LogP contribution in [0.25, 0.3) is 0 Å². The number of anilines is 2. The molecule has 2 aromatic rings. The number of aryl methyl sites for hydroxylation is 1. The van der Waals surface area contributed by atoms with Crippen LogP contribution in [0.5, 0.6) is 11.5 Å². The fourth-order valence-electron chi connectivity index (χ4n) is 2.68. The van der Waals surface area contributed by atoms with E-state index in [1.807, 2.05) is 31.2 Å². The summed E-state index contributed by atoms with van der Waals surface area (Å²) in [5.41, 5.74) is 3.26. The van der Waals surface area contributed by atoms with Crippen molar-refractivity contribution in [3.63, 3.8) is 0 Å². The van der Waals surface area contributed by atoms with Crippen molar-refractivity contribution in [1.29, 1.82) is 0 Å². The van der Waals surface area contributed by atoms with E-state index in [2.05, 4.69) is 10.6 Å². The lowest BCUT2D eigenvalue weighted by molar-refractivity contribution is -0.114. The number of amides is 3. The van der Waals surface area contributed by atoms with E-state index < -0.39 is 0 Å². The monoisotopic (exact) mass is 385 g/mol. The van der Waals surface area contributed by atoms with Crippen molar-refractivity contribution in [2.45, 2.75) is 20.3 Å². The molecule has 7 nitrogen and oxygen atoms in total. The van der Waals surface area contributed by atoms with Crippen molar-refractivity contribution in [2.24, 2.45) is 0 Å². The molecule has 2 aromatic carbocycles. The first-order valence-electron chi connectivity index (χ1n) is 8.95. The summed E-state index contributed by atoms with van der Waals surface area (Å²) >= 11 is 0. The Morgan fingerprint density at radius 2 is 1.71 bits per heavy atom. The Morgan fingerprint density at radius 1 is 1.00 bits per heavy atom. The highest BCUT2D eigenvalue weighted by molar-refractivity contribution is 5.93. The zero-order chi connectivity index (χ0) is 20.7. The summed E-state index contributed by atoms with van der Waals surface area (Å²) in [6, 6.07) is 10.9. The predicted molar refractivity (Wildman–Crippen MR) is 110 cm³/mol. The summed E-state index contributed by atoms with van der Waals surface area (Å²) < 4.78 is 10.6. The van der Waals surface area contributed by atoms with Crippen LogP contribution in [0.3, 0.4) is 0 Å². The maximum atomic E-state index is 12.5. The third-order valence-electron chi connectivity index (χ3n) is 4.33. The summed E-state index contributed by atoms with van der Waals surface area (Å²) in [5.74, 6) is 1.18. The van der Waals surface area contributed by atoms with Crippen molar-refractivity contribution in [3.05, 3.63) is 47.5 Å². The number of carbonyl (C=O) groups is 2. The van der Waals surface area contributed by atoms with Crippen LogP contribution < -0.4 is 20.1 Å². The van der Waals surface area contributed by atoms with Gasteiger partial charge in [-0.15, -0.1) is 0 Å². The third kappa shape index (κ3) is 5.64. The molecular weight excluding hydrogens is 358 g/mol. The molecule has 0 saturated heterocycles. The summed E-state index contributed by atoms with van der Waals surface area (Å²) in [7, 11) is 4.93. The molecule has 0 aliphatic heterocycles. The van der Waals surface area contributed by atoms with Gasteiger partial charge in [-0.25, -0.2) is 4.79 Å². The van der Waals surface area contributed by atoms with Gasteiger partial charge in [0.1, 0.15) is 0 Å². The Labute approximate surface area is 165 Å². The number of urea groups is 1. The molecule has 0 unspecified atom stereocenters. The van der Waals surface area contributed by atoms with E-state index in [9.17, 15) is 9.59 Å². The fraction of sp³-hybridized carbons (Fsp3) is 0.333. The number of ether oxygens (including phenoxy) is 2. The van der Waals surface area contributed by atoms with Crippen molar-refractivity contribution in [2.75, 3.05) is 38.4 Å². The molecule has 0 aromatic heterocycles. The maximum absolute atomic E-state index is 12.5. The van der Waals surface area contributed by atoms with E-state index >= 15 is 0 Å². The fourth-order valence-corrected chi connectivity index (χ4v) is 2.68. The Kier molecular flexibility index (Phi) is 7.26. The molecule has 2 N–H and O–H groups in total. The molecule has 0 fully saturated rings. The van der Waals surface area contributed by atoms with Crippen molar-refractivity contribution < 1.29 is 19.1 Å². The number of carbonyl (C=O) groups excluding carboxylic acids is 2. The minimum atomic E-state index is -0.219. The van der Waals surface area contributed by atoms with Gasteiger partial charge in [-0.05, 0) is 48.7 Å². The molecule has 0 aliphatic rings. The molecule has 0 spiro atoms. The lowest BCUT2D eigenvalue weighted by Crippen LogP contribution is -2.33. The molecule has 28 heavy (non-hydrogen) atoms. The minimum Gasteiger partial charge on any atom is -0.493 e. The molecule has 2 rings (SSSR count). The number of hydrogen-bond donors (Lipinski definition) is 2. The van der Waals surface area contributed by atoms with E-state index in [0.29, 0.717) is 35.8 Å². The highest BCUT2D eigenvalue weighted by Crippen LogP contribution is 2.27. The lowest BCUT2D eigenvalue weighted by atomic mass is 10.1. The molecule has 150 valence electrons. The number of likely N-dealkylation sites (N-methyl/N-ethyl adjacent to an activating group) is 1. The number of nitrogens with zero attached hydrogens (tertiary/aromatic N) is 1. The Hall–Kier alpha value is -3.22. The topological polar surface area (TPSA) is 79.9 Å². The summed E-state index contributed by atoms with van der Waals surface area (Å²) in [6.45, 7) is 3.88. The molecule has 0 heterocycles. The van der Waals surface area contributed by atoms with Gasteiger partial charge in [-0.1, -0.05) is 12.1 Å². The molecule has 0 radical (unpaired) electrons. The van der Waals surface area contributed by atoms with Crippen LogP contribution in [0.4, 0.5) is 16.2 Å². The minimum absolute atomic E-state index is 0.159. The van der Waals surface area contributed by atoms with Gasteiger partial charge in [0.25, 0.3) is 0 Å². The highest BCUT2D eigenvalue weighted by Gasteiger charge is 2.12. The van der Waals surface area contributed by atoms with Crippen molar-refractivity contribution >= 4 is 23.3 Å². The highest BCUT2D eigenvalue weighted by atomic mass is 16.5. The zero-order valence-corrected chi connectivity index (χ0v) is 17.0. The Bertz CT molecular complexity index is 852. The largest absolute Gasteiger partial charge is 0.493 e. The SMILES string of the molecule is COc1ccc(CCN(C)C(=O)Nc2cc(NC(C)=O)ccc2C)cc1OC. The predicted octanol–water partition coefficient (Wildman–Crippen LogP) is 3.68. The molecule has 3 amide bonds. The maximum Gasteiger partial charge on any atom is 0.321 e. The number of benzene rings is 2.